The van der Waals surface area contributed by atoms with E-state index in [0.29, 0.717) is 17.0 Å². The lowest BCUT2D eigenvalue weighted by molar-refractivity contribution is -0.136. The fourth-order valence-electron chi connectivity index (χ4n) is 1.97. The molecule has 0 saturated heterocycles. The Morgan fingerprint density at radius 3 is 2.65 bits per heavy atom. The minimum atomic E-state index is -0.862. The van der Waals surface area contributed by atoms with E-state index in [0.717, 1.165) is 18.4 Å². The highest BCUT2D eigenvalue weighted by Crippen LogP contribution is 2.51. The highest BCUT2D eigenvalue weighted by molar-refractivity contribution is 6.31. The number of aliphatic carboxylic acids is 1. The maximum atomic E-state index is 10.5. The monoisotopic (exact) mass is 254 g/mol. The van der Waals surface area contributed by atoms with Gasteiger partial charge in [0.2, 0.25) is 0 Å². The van der Waals surface area contributed by atoms with Gasteiger partial charge in [-0.3, -0.25) is 4.79 Å². The van der Waals surface area contributed by atoms with Crippen LogP contribution >= 0.6 is 11.6 Å². The van der Waals surface area contributed by atoms with Crippen molar-refractivity contribution in [2.24, 2.45) is 0 Å². The van der Waals surface area contributed by atoms with Crippen LogP contribution in [0.3, 0.4) is 0 Å². The van der Waals surface area contributed by atoms with E-state index in [4.69, 9.17) is 16.7 Å². The molecular formula is C13H15ClO3. The average Bonchev–Trinajstić information content (AvgIpc) is 2.95. The van der Waals surface area contributed by atoms with Crippen LogP contribution in [-0.4, -0.2) is 16.2 Å². The maximum absolute atomic E-state index is 10.5. The lowest BCUT2D eigenvalue weighted by atomic mass is 9.94. The molecule has 1 aliphatic carbocycles. The molecular weight excluding hydrogens is 240 g/mol. The number of carboxylic acid groups (broad SMARTS) is 1. The molecule has 17 heavy (non-hydrogen) atoms. The number of aryl methyl sites for hydroxylation is 1. The summed E-state index contributed by atoms with van der Waals surface area (Å²) >= 11 is 6.11. The van der Waals surface area contributed by atoms with E-state index in [2.05, 4.69) is 6.92 Å². The fourth-order valence-corrected chi connectivity index (χ4v) is 2.35. The van der Waals surface area contributed by atoms with Crippen LogP contribution in [0.2, 0.25) is 5.02 Å². The second kappa shape index (κ2) is 4.22. The predicted molar refractivity (Wildman–Crippen MR) is 65.7 cm³/mol. The Balaban J connectivity index is 2.29. The molecule has 1 saturated carbocycles. The Morgan fingerprint density at radius 2 is 2.12 bits per heavy atom. The van der Waals surface area contributed by atoms with Gasteiger partial charge < -0.3 is 10.2 Å². The number of rotatable bonds is 4. The van der Waals surface area contributed by atoms with Crippen LogP contribution in [-0.2, 0) is 16.6 Å². The number of benzene rings is 1. The number of phenols is 1. The molecule has 0 aliphatic heterocycles. The van der Waals surface area contributed by atoms with Gasteiger partial charge in [0.05, 0.1) is 0 Å². The first-order chi connectivity index (χ1) is 7.92. The van der Waals surface area contributed by atoms with Gasteiger partial charge in [-0.2, -0.15) is 0 Å². The summed E-state index contributed by atoms with van der Waals surface area (Å²) in [5, 5.41) is 19.0. The van der Waals surface area contributed by atoms with Crippen molar-refractivity contribution in [3.05, 3.63) is 28.3 Å². The smallest absolute Gasteiger partial charge is 0.303 e. The van der Waals surface area contributed by atoms with Gasteiger partial charge in [0.15, 0.2) is 0 Å². The van der Waals surface area contributed by atoms with Crippen molar-refractivity contribution in [1.82, 2.24) is 0 Å². The molecule has 0 spiro atoms. The lowest BCUT2D eigenvalue weighted by Gasteiger charge is -2.14. The first-order valence-electron chi connectivity index (χ1n) is 5.66. The van der Waals surface area contributed by atoms with Crippen LogP contribution in [0.5, 0.6) is 5.75 Å². The summed E-state index contributed by atoms with van der Waals surface area (Å²) in [7, 11) is 0. The van der Waals surface area contributed by atoms with Gasteiger partial charge in [0, 0.05) is 11.4 Å². The molecule has 0 heterocycles. The zero-order valence-electron chi connectivity index (χ0n) is 9.66. The Hall–Kier alpha value is -1.22. The van der Waals surface area contributed by atoms with Crippen LogP contribution in [0.4, 0.5) is 0 Å². The van der Waals surface area contributed by atoms with Crippen molar-refractivity contribution in [3.8, 4) is 5.75 Å². The number of aromatic hydroxyl groups is 1. The highest BCUT2D eigenvalue weighted by atomic mass is 35.5. The van der Waals surface area contributed by atoms with E-state index in [-0.39, 0.29) is 17.6 Å². The van der Waals surface area contributed by atoms with E-state index >= 15 is 0 Å². The third-order valence-electron chi connectivity index (χ3n) is 3.43. The average molecular weight is 255 g/mol. The van der Waals surface area contributed by atoms with Crippen LogP contribution in [0.1, 0.15) is 37.3 Å². The Bertz CT molecular complexity index is 464. The van der Waals surface area contributed by atoms with E-state index in [1.165, 1.54) is 6.07 Å². The van der Waals surface area contributed by atoms with Crippen molar-refractivity contribution in [2.75, 3.05) is 0 Å². The van der Waals surface area contributed by atoms with Gasteiger partial charge in [-0.25, -0.2) is 0 Å². The molecule has 0 unspecified atom stereocenters. The second-order valence-corrected chi connectivity index (χ2v) is 5.32. The standard InChI is InChI=1S/C13H15ClO3/c1-13(4-5-13)9-6-8(2-3-12(16)17)11(15)7-10(9)14/h6-7,15H,2-5H2,1H3,(H,16,17). The quantitative estimate of drug-likeness (QED) is 0.868. The molecule has 1 fully saturated rings. The van der Waals surface area contributed by atoms with Gasteiger partial charge in [-0.1, -0.05) is 24.6 Å². The minimum absolute atomic E-state index is 0.0192. The molecule has 4 heteroatoms. The van der Waals surface area contributed by atoms with E-state index in [1.807, 2.05) is 6.07 Å². The molecule has 1 aromatic rings. The third kappa shape index (κ3) is 2.55. The largest absolute Gasteiger partial charge is 0.508 e. The SMILES string of the molecule is CC1(c2cc(CCC(=O)O)c(O)cc2Cl)CC1. The van der Waals surface area contributed by atoms with Crippen LogP contribution < -0.4 is 0 Å². The maximum Gasteiger partial charge on any atom is 0.303 e. The molecule has 3 nitrogen and oxygen atoms in total. The molecule has 92 valence electrons. The number of hydrogen-bond donors (Lipinski definition) is 2. The summed E-state index contributed by atoms with van der Waals surface area (Å²) in [4.78, 5) is 10.5. The van der Waals surface area contributed by atoms with E-state index in [1.54, 1.807) is 0 Å². The van der Waals surface area contributed by atoms with Crippen LogP contribution in [0.15, 0.2) is 12.1 Å². The summed E-state index contributed by atoms with van der Waals surface area (Å²) in [5.74, 6) is -0.775. The van der Waals surface area contributed by atoms with Crippen molar-refractivity contribution in [1.29, 1.82) is 0 Å². The summed E-state index contributed by atoms with van der Waals surface area (Å²) in [6.07, 6.45) is 2.54. The van der Waals surface area contributed by atoms with Gasteiger partial charge in [0.25, 0.3) is 0 Å². The zero-order chi connectivity index (χ0) is 12.6. The normalized spacial score (nSPS) is 16.8. The Morgan fingerprint density at radius 1 is 1.47 bits per heavy atom. The van der Waals surface area contributed by atoms with E-state index < -0.39 is 5.97 Å². The second-order valence-electron chi connectivity index (χ2n) is 4.92. The number of hydrogen-bond acceptors (Lipinski definition) is 2. The Kier molecular flexibility index (Phi) is 3.04. The molecule has 0 bridgehead atoms. The van der Waals surface area contributed by atoms with Gasteiger partial charge in [-0.05, 0) is 41.9 Å². The summed E-state index contributed by atoms with van der Waals surface area (Å²) in [6.45, 7) is 2.13. The topological polar surface area (TPSA) is 57.5 Å². The predicted octanol–water partition coefficient (Wildman–Crippen LogP) is 3.11. The highest BCUT2D eigenvalue weighted by Gasteiger charge is 2.40. The number of halogens is 1. The number of carbonyl (C=O) groups is 1. The molecule has 0 atom stereocenters. The fraction of sp³-hybridized carbons (Fsp3) is 0.462. The molecule has 0 aromatic heterocycles. The first kappa shape index (κ1) is 12.2. The van der Waals surface area contributed by atoms with Gasteiger partial charge >= 0.3 is 5.97 Å². The van der Waals surface area contributed by atoms with Gasteiger partial charge in [-0.15, -0.1) is 0 Å². The molecule has 2 N–H and O–H groups in total. The van der Waals surface area contributed by atoms with Crippen molar-refractivity contribution < 1.29 is 15.0 Å². The molecule has 2 rings (SSSR count). The number of phenolic OH excluding ortho intramolecular Hbond substituents is 1. The summed E-state index contributed by atoms with van der Waals surface area (Å²) in [6, 6.07) is 3.38. The van der Waals surface area contributed by atoms with Crippen molar-refractivity contribution in [3.63, 3.8) is 0 Å². The molecule has 0 radical (unpaired) electrons. The molecule has 1 aromatic carbocycles. The zero-order valence-corrected chi connectivity index (χ0v) is 10.4. The summed E-state index contributed by atoms with van der Waals surface area (Å²) in [5.41, 5.74) is 1.81. The third-order valence-corrected chi connectivity index (χ3v) is 3.74. The minimum Gasteiger partial charge on any atom is -0.508 e. The Labute approximate surface area is 105 Å². The first-order valence-corrected chi connectivity index (χ1v) is 6.04. The van der Waals surface area contributed by atoms with E-state index in [9.17, 15) is 9.90 Å². The number of carboxylic acids is 1. The van der Waals surface area contributed by atoms with Gasteiger partial charge in [0.1, 0.15) is 5.75 Å². The van der Waals surface area contributed by atoms with Crippen LogP contribution in [0.25, 0.3) is 0 Å². The van der Waals surface area contributed by atoms with Crippen molar-refractivity contribution in [2.45, 2.75) is 38.0 Å². The summed E-state index contributed by atoms with van der Waals surface area (Å²) < 4.78 is 0. The lowest BCUT2D eigenvalue weighted by Crippen LogP contribution is -2.04. The van der Waals surface area contributed by atoms with Crippen LogP contribution in [0, 0.1) is 0 Å². The van der Waals surface area contributed by atoms with Crippen molar-refractivity contribution >= 4 is 17.6 Å². The molecule has 0 amide bonds. The molecule has 1 aliphatic rings.